The zero-order valence-electron chi connectivity index (χ0n) is 10.5. The van der Waals surface area contributed by atoms with Crippen LogP contribution < -0.4 is 11.1 Å². The topological polar surface area (TPSA) is 55.1 Å². The maximum Gasteiger partial charge on any atom is 0.255 e. The Morgan fingerprint density at radius 3 is 2.35 bits per heavy atom. The van der Waals surface area contributed by atoms with E-state index in [-0.39, 0.29) is 27.1 Å². The van der Waals surface area contributed by atoms with E-state index in [0.29, 0.717) is 11.3 Å². The number of nitrogens with one attached hydrogen (secondary N) is 1. The maximum atomic E-state index is 13.1. The number of nitrogen functional groups attached to an aromatic ring is 1. The van der Waals surface area contributed by atoms with Gasteiger partial charge in [-0.25, -0.2) is 4.39 Å². The second-order valence-electron chi connectivity index (χ2n) is 4.27. The zero-order chi connectivity index (χ0) is 14.9. The van der Waals surface area contributed by atoms with Gasteiger partial charge in [0.1, 0.15) is 5.82 Å². The Morgan fingerprint density at radius 2 is 1.80 bits per heavy atom. The van der Waals surface area contributed by atoms with Crippen molar-refractivity contribution in [2.75, 3.05) is 11.1 Å². The molecule has 0 aliphatic rings. The predicted molar refractivity (Wildman–Crippen MR) is 80.0 cm³/mol. The summed E-state index contributed by atoms with van der Waals surface area (Å²) >= 11 is 11.7. The molecule has 0 fully saturated rings. The highest BCUT2D eigenvalue weighted by molar-refractivity contribution is 6.39. The summed E-state index contributed by atoms with van der Waals surface area (Å²) in [7, 11) is 0. The number of aryl methyl sites for hydroxylation is 1. The van der Waals surface area contributed by atoms with Gasteiger partial charge in [-0.15, -0.1) is 0 Å². The van der Waals surface area contributed by atoms with Gasteiger partial charge in [0.05, 0.1) is 15.7 Å². The number of rotatable bonds is 2. The molecular formula is C14H11Cl2FN2O. The van der Waals surface area contributed by atoms with Crippen LogP contribution in [-0.4, -0.2) is 5.91 Å². The third kappa shape index (κ3) is 3.03. The van der Waals surface area contributed by atoms with E-state index < -0.39 is 5.91 Å². The van der Waals surface area contributed by atoms with Crippen LogP contribution in [0.1, 0.15) is 15.9 Å². The van der Waals surface area contributed by atoms with E-state index >= 15 is 0 Å². The molecule has 0 unspecified atom stereocenters. The van der Waals surface area contributed by atoms with Crippen LogP contribution in [0, 0.1) is 12.7 Å². The Hall–Kier alpha value is -1.78. The summed E-state index contributed by atoms with van der Waals surface area (Å²) < 4.78 is 13.1. The van der Waals surface area contributed by atoms with Crippen LogP contribution in [0.5, 0.6) is 0 Å². The molecule has 0 aromatic heterocycles. The summed E-state index contributed by atoms with van der Waals surface area (Å²) in [5, 5.41) is 3.05. The van der Waals surface area contributed by atoms with Crippen LogP contribution in [0.4, 0.5) is 15.8 Å². The number of carbonyl (C=O) groups is 1. The molecule has 0 aliphatic heterocycles. The Balaban J connectivity index is 2.26. The Kier molecular flexibility index (Phi) is 4.16. The normalized spacial score (nSPS) is 10.4. The molecule has 2 aromatic carbocycles. The molecule has 6 heteroatoms. The van der Waals surface area contributed by atoms with Crippen molar-refractivity contribution in [2.24, 2.45) is 0 Å². The second kappa shape index (κ2) is 5.69. The first-order valence-corrected chi connectivity index (χ1v) is 6.46. The smallest absolute Gasteiger partial charge is 0.255 e. The van der Waals surface area contributed by atoms with Crippen molar-refractivity contribution in [3.63, 3.8) is 0 Å². The van der Waals surface area contributed by atoms with E-state index in [2.05, 4.69) is 5.32 Å². The van der Waals surface area contributed by atoms with E-state index in [9.17, 15) is 9.18 Å². The number of hydrogen-bond acceptors (Lipinski definition) is 2. The molecule has 3 nitrogen and oxygen atoms in total. The Bertz CT molecular complexity index is 666. The Labute approximate surface area is 125 Å². The fourth-order valence-electron chi connectivity index (χ4n) is 1.64. The summed E-state index contributed by atoms with van der Waals surface area (Å²) in [6.45, 7) is 1.61. The van der Waals surface area contributed by atoms with Crippen molar-refractivity contribution in [3.05, 3.63) is 57.3 Å². The first-order valence-electron chi connectivity index (χ1n) is 5.70. The Morgan fingerprint density at radius 1 is 1.20 bits per heavy atom. The van der Waals surface area contributed by atoms with Crippen molar-refractivity contribution in [2.45, 2.75) is 6.92 Å². The molecule has 2 rings (SSSR count). The highest BCUT2D eigenvalue weighted by Crippen LogP contribution is 2.29. The van der Waals surface area contributed by atoms with Crippen molar-refractivity contribution in [1.29, 1.82) is 0 Å². The van der Waals surface area contributed by atoms with Gasteiger partial charge in [0, 0.05) is 11.3 Å². The monoisotopic (exact) mass is 312 g/mol. The molecule has 1 amide bonds. The molecule has 20 heavy (non-hydrogen) atoms. The molecule has 104 valence electrons. The molecule has 0 heterocycles. The number of halogens is 3. The largest absolute Gasteiger partial charge is 0.396 e. The number of amides is 1. The zero-order valence-corrected chi connectivity index (χ0v) is 12.0. The molecule has 0 aliphatic carbocycles. The molecule has 0 saturated heterocycles. The molecule has 0 bridgehead atoms. The lowest BCUT2D eigenvalue weighted by Gasteiger charge is -2.09. The predicted octanol–water partition coefficient (Wildman–Crippen LogP) is 4.28. The van der Waals surface area contributed by atoms with Crippen LogP contribution in [0.15, 0.2) is 30.3 Å². The van der Waals surface area contributed by atoms with Gasteiger partial charge in [0.25, 0.3) is 5.91 Å². The maximum absolute atomic E-state index is 13.1. The fraction of sp³-hybridized carbons (Fsp3) is 0.0714. The van der Waals surface area contributed by atoms with Gasteiger partial charge in [0.2, 0.25) is 0 Å². The van der Waals surface area contributed by atoms with Crippen molar-refractivity contribution in [1.82, 2.24) is 0 Å². The summed E-state index contributed by atoms with van der Waals surface area (Å²) in [5.74, 6) is -0.735. The SMILES string of the molecule is Cc1cc(NC(=O)c2cc(Cl)c(N)c(Cl)c2)ccc1F. The molecule has 3 N–H and O–H groups in total. The number of benzene rings is 2. The lowest BCUT2D eigenvalue weighted by molar-refractivity contribution is 0.102. The minimum atomic E-state index is -0.403. The lowest BCUT2D eigenvalue weighted by Crippen LogP contribution is -2.12. The minimum Gasteiger partial charge on any atom is -0.396 e. The van der Waals surface area contributed by atoms with E-state index in [1.807, 2.05) is 0 Å². The molecule has 2 aromatic rings. The second-order valence-corrected chi connectivity index (χ2v) is 5.09. The average Bonchev–Trinajstić information content (AvgIpc) is 2.39. The quantitative estimate of drug-likeness (QED) is 0.813. The van der Waals surface area contributed by atoms with Crippen LogP contribution in [-0.2, 0) is 0 Å². The first kappa shape index (κ1) is 14.6. The summed E-state index contributed by atoms with van der Waals surface area (Å²) in [5.41, 5.74) is 7.03. The van der Waals surface area contributed by atoms with Gasteiger partial charge in [-0.2, -0.15) is 0 Å². The highest BCUT2D eigenvalue weighted by Gasteiger charge is 2.12. The minimum absolute atomic E-state index is 0.206. The molecular weight excluding hydrogens is 302 g/mol. The van der Waals surface area contributed by atoms with Crippen LogP contribution in [0.25, 0.3) is 0 Å². The van der Waals surface area contributed by atoms with Gasteiger partial charge in [-0.1, -0.05) is 23.2 Å². The third-order valence-corrected chi connectivity index (χ3v) is 3.38. The summed E-state index contributed by atoms with van der Waals surface area (Å²) in [6.07, 6.45) is 0. The van der Waals surface area contributed by atoms with Crippen molar-refractivity contribution >= 4 is 40.5 Å². The van der Waals surface area contributed by atoms with Crippen LogP contribution >= 0.6 is 23.2 Å². The van der Waals surface area contributed by atoms with Gasteiger partial charge < -0.3 is 11.1 Å². The van der Waals surface area contributed by atoms with Crippen molar-refractivity contribution < 1.29 is 9.18 Å². The van der Waals surface area contributed by atoms with Crippen molar-refractivity contribution in [3.8, 4) is 0 Å². The number of hydrogen-bond donors (Lipinski definition) is 2. The van der Waals surface area contributed by atoms with Crippen LogP contribution in [0.3, 0.4) is 0 Å². The number of nitrogens with two attached hydrogens (primary N) is 1. The summed E-state index contributed by atoms with van der Waals surface area (Å²) in [6, 6.07) is 7.14. The highest BCUT2D eigenvalue weighted by atomic mass is 35.5. The average molecular weight is 313 g/mol. The van der Waals surface area contributed by atoms with E-state index in [1.165, 1.54) is 30.3 Å². The van der Waals surface area contributed by atoms with Gasteiger partial charge in [-0.3, -0.25) is 4.79 Å². The first-order chi connectivity index (χ1) is 9.38. The summed E-state index contributed by atoms with van der Waals surface area (Å²) in [4.78, 5) is 12.1. The standard InChI is InChI=1S/C14H11Cl2FN2O/c1-7-4-9(2-3-12(7)17)19-14(20)8-5-10(15)13(18)11(16)6-8/h2-6H,18H2,1H3,(H,19,20). The van der Waals surface area contributed by atoms with Gasteiger partial charge in [0.15, 0.2) is 0 Å². The van der Waals surface area contributed by atoms with Crippen LogP contribution in [0.2, 0.25) is 10.0 Å². The molecule has 0 saturated carbocycles. The molecule has 0 atom stereocenters. The lowest BCUT2D eigenvalue weighted by atomic mass is 10.1. The van der Waals surface area contributed by atoms with Gasteiger partial charge >= 0.3 is 0 Å². The fourth-order valence-corrected chi connectivity index (χ4v) is 2.13. The number of anilines is 2. The van der Waals surface area contributed by atoms with Gasteiger partial charge in [-0.05, 0) is 42.8 Å². The van der Waals surface area contributed by atoms with E-state index in [0.717, 1.165) is 0 Å². The van der Waals surface area contributed by atoms with E-state index in [4.69, 9.17) is 28.9 Å². The molecule has 0 spiro atoms. The molecule has 0 radical (unpaired) electrons. The van der Waals surface area contributed by atoms with E-state index in [1.54, 1.807) is 6.92 Å². The number of carbonyl (C=O) groups excluding carboxylic acids is 1. The third-order valence-electron chi connectivity index (χ3n) is 2.76.